The van der Waals surface area contributed by atoms with Gasteiger partial charge in [0, 0.05) is 48.3 Å². The van der Waals surface area contributed by atoms with Crippen molar-refractivity contribution in [3.05, 3.63) is 47.8 Å². The van der Waals surface area contributed by atoms with E-state index in [1.165, 1.54) is 10.9 Å². The van der Waals surface area contributed by atoms with Gasteiger partial charge < -0.3 is 20.9 Å². The first-order valence-electron chi connectivity index (χ1n) is 10.6. The largest absolute Gasteiger partial charge is 0.361 e. The molecular weight excluding hydrogens is 376 g/mol. The summed E-state index contributed by atoms with van der Waals surface area (Å²) in [6.45, 7) is 6.74. The molecule has 0 unspecified atom stereocenters. The van der Waals surface area contributed by atoms with E-state index in [2.05, 4.69) is 52.3 Å². The highest BCUT2D eigenvalue weighted by Crippen LogP contribution is 2.25. The molecule has 1 aromatic carbocycles. The third kappa shape index (κ3) is 3.37. The van der Waals surface area contributed by atoms with Crippen LogP contribution in [0.2, 0.25) is 0 Å². The fraction of sp³-hybridized carbons (Fsp3) is 0.409. The van der Waals surface area contributed by atoms with Crippen LogP contribution in [0.4, 0.5) is 11.9 Å². The fourth-order valence-electron chi connectivity index (χ4n) is 4.10. The summed E-state index contributed by atoms with van der Waals surface area (Å²) in [5.74, 6) is 1.79. The summed E-state index contributed by atoms with van der Waals surface area (Å²) in [7, 11) is 0. The minimum atomic E-state index is 0.269. The molecule has 0 spiro atoms. The van der Waals surface area contributed by atoms with Crippen molar-refractivity contribution < 1.29 is 0 Å². The van der Waals surface area contributed by atoms with Gasteiger partial charge >= 0.3 is 0 Å². The molecule has 1 aliphatic rings. The molecule has 156 valence electrons. The molecule has 1 saturated heterocycles. The van der Waals surface area contributed by atoms with Crippen LogP contribution in [0.1, 0.15) is 43.7 Å². The number of nitrogens with one attached hydrogen (secondary N) is 2. The van der Waals surface area contributed by atoms with Gasteiger partial charge in [0.2, 0.25) is 11.9 Å². The van der Waals surface area contributed by atoms with Crippen molar-refractivity contribution in [3.63, 3.8) is 0 Å². The van der Waals surface area contributed by atoms with Crippen LogP contribution in [0.5, 0.6) is 0 Å². The predicted molar refractivity (Wildman–Crippen MR) is 120 cm³/mol. The first-order valence-corrected chi connectivity index (χ1v) is 10.6. The topological polar surface area (TPSA) is 100 Å². The number of hydrogen-bond donors (Lipinski definition) is 3. The maximum Gasteiger partial charge on any atom is 0.230 e. The van der Waals surface area contributed by atoms with E-state index in [9.17, 15) is 0 Å². The first-order chi connectivity index (χ1) is 14.6. The van der Waals surface area contributed by atoms with Crippen molar-refractivity contribution in [1.82, 2.24) is 24.6 Å². The molecule has 4 heterocycles. The lowest BCUT2D eigenvalue weighted by molar-refractivity contribution is 0.495. The molecular formula is C22H28N8. The molecule has 3 aromatic heterocycles. The van der Waals surface area contributed by atoms with E-state index in [-0.39, 0.29) is 6.04 Å². The molecule has 1 fully saturated rings. The molecule has 0 saturated carbocycles. The van der Waals surface area contributed by atoms with Crippen LogP contribution in [0.15, 0.2) is 36.7 Å². The van der Waals surface area contributed by atoms with Gasteiger partial charge in [-0.3, -0.25) is 0 Å². The van der Waals surface area contributed by atoms with Gasteiger partial charge in [0.15, 0.2) is 5.65 Å². The normalized spacial score (nSPS) is 15.5. The number of aromatic amines is 1. The molecule has 0 amide bonds. The van der Waals surface area contributed by atoms with Crippen LogP contribution < -0.4 is 16.0 Å². The van der Waals surface area contributed by atoms with E-state index < -0.39 is 0 Å². The summed E-state index contributed by atoms with van der Waals surface area (Å²) < 4.78 is 1.82. The van der Waals surface area contributed by atoms with E-state index in [0.717, 1.165) is 48.6 Å². The number of hydrogen-bond acceptors (Lipinski definition) is 6. The third-order valence-corrected chi connectivity index (χ3v) is 5.94. The van der Waals surface area contributed by atoms with Gasteiger partial charge in [-0.05, 0) is 30.4 Å². The number of nitrogens with zero attached hydrogens (tertiary/aromatic N) is 5. The van der Waals surface area contributed by atoms with Crippen molar-refractivity contribution in [2.45, 2.75) is 45.2 Å². The third-order valence-electron chi connectivity index (χ3n) is 5.94. The number of H-pyrrole nitrogens is 1. The molecule has 4 aromatic rings. The highest BCUT2D eigenvalue weighted by molar-refractivity contribution is 5.83. The zero-order chi connectivity index (χ0) is 20.7. The Morgan fingerprint density at radius 2 is 2.00 bits per heavy atom. The molecule has 0 atom stereocenters. The molecule has 0 radical (unpaired) electrons. The summed E-state index contributed by atoms with van der Waals surface area (Å²) in [4.78, 5) is 15.3. The summed E-state index contributed by atoms with van der Waals surface area (Å²) >= 11 is 0. The van der Waals surface area contributed by atoms with Gasteiger partial charge in [0.05, 0.1) is 6.20 Å². The second-order valence-electron chi connectivity index (χ2n) is 8.37. The van der Waals surface area contributed by atoms with E-state index in [1.54, 1.807) is 0 Å². The summed E-state index contributed by atoms with van der Waals surface area (Å²) in [6, 6.07) is 8.59. The van der Waals surface area contributed by atoms with Crippen LogP contribution in [-0.4, -0.2) is 43.7 Å². The van der Waals surface area contributed by atoms with Gasteiger partial charge in [-0.15, -0.1) is 0 Å². The van der Waals surface area contributed by atoms with Crippen LogP contribution in [0.25, 0.3) is 16.6 Å². The molecule has 4 N–H and O–H groups in total. The number of para-hydroxylation sites is 1. The molecule has 30 heavy (non-hydrogen) atoms. The number of nitrogens with two attached hydrogens (primary N) is 1. The lowest BCUT2D eigenvalue weighted by atomic mass is 10.1. The number of rotatable bonds is 5. The average molecular weight is 405 g/mol. The van der Waals surface area contributed by atoms with Gasteiger partial charge in [0.1, 0.15) is 0 Å². The second-order valence-corrected chi connectivity index (χ2v) is 8.37. The summed E-state index contributed by atoms with van der Waals surface area (Å²) in [5.41, 5.74) is 10.4. The monoisotopic (exact) mass is 404 g/mol. The lowest BCUT2D eigenvalue weighted by Gasteiger charge is -2.30. The summed E-state index contributed by atoms with van der Waals surface area (Å²) in [5, 5.41) is 9.30. The Morgan fingerprint density at radius 3 is 2.80 bits per heavy atom. The summed E-state index contributed by atoms with van der Waals surface area (Å²) in [6.07, 6.45) is 5.87. The van der Waals surface area contributed by atoms with E-state index in [1.807, 2.05) is 23.0 Å². The Balaban J connectivity index is 1.51. The van der Waals surface area contributed by atoms with Gasteiger partial charge in [-0.25, -0.2) is 0 Å². The van der Waals surface area contributed by atoms with Crippen LogP contribution in [-0.2, 0) is 6.54 Å². The predicted octanol–water partition coefficient (Wildman–Crippen LogP) is 3.27. The maximum absolute atomic E-state index is 6.09. The molecule has 5 rings (SSSR count). The molecule has 0 bridgehead atoms. The fourth-order valence-corrected chi connectivity index (χ4v) is 4.10. The highest BCUT2D eigenvalue weighted by atomic mass is 15.4. The Kier molecular flexibility index (Phi) is 4.78. The minimum Gasteiger partial charge on any atom is -0.361 e. The number of aromatic nitrogens is 5. The Labute approximate surface area is 175 Å². The molecule has 8 nitrogen and oxygen atoms in total. The Hall–Kier alpha value is -3.13. The van der Waals surface area contributed by atoms with Crippen molar-refractivity contribution in [2.24, 2.45) is 5.73 Å². The standard InChI is InChI=1S/C22H28N8/c1-14(2)18-13-26-30-20(18)27-22(29-9-7-16(23)8-10-29)28-21(30)25-12-15-11-24-19-6-4-3-5-17(15)19/h3-6,11,13-14,16,24H,7-10,12,23H2,1-2H3,(H,25,27,28). The SMILES string of the molecule is CC(C)c1cnn2c(NCc3c[nH]c4ccccc34)nc(N3CCC(N)CC3)nc12. The number of benzene rings is 1. The van der Waals surface area contributed by atoms with Gasteiger partial charge in [-0.1, -0.05) is 32.0 Å². The Morgan fingerprint density at radius 1 is 1.20 bits per heavy atom. The van der Waals surface area contributed by atoms with Crippen LogP contribution in [0, 0.1) is 0 Å². The maximum atomic E-state index is 6.09. The quantitative estimate of drug-likeness (QED) is 0.472. The first kappa shape index (κ1) is 18.9. The average Bonchev–Trinajstić information content (AvgIpc) is 3.37. The zero-order valence-electron chi connectivity index (χ0n) is 17.5. The van der Waals surface area contributed by atoms with Crippen molar-refractivity contribution in [1.29, 1.82) is 0 Å². The van der Waals surface area contributed by atoms with Crippen LogP contribution >= 0.6 is 0 Å². The van der Waals surface area contributed by atoms with Crippen LogP contribution in [0.3, 0.4) is 0 Å². The minimum absolute atomic E-state index is 0.269. The van der Waals surface area contributed by atoms with E-state index >= 15 is 0 Å². The highest BCUT2D eigenvalue weighted by Gasteiger charge is 2.22. The second kappa shape index (κ2) is 7.60. The zero-order valence-corrected chi connectivity index (χ0v) is 17.5. The number of anilines is 2. The van der Waals surface area contributed by atoms with Gasteiger partial charge in [-0.2, -0.15) is 19.6 Å². The lowest BCUT2D eigenvalue weighted by Crippen LogP contribution is -2.40. The van der Waals surface area contributed by atoms with Crippen molar-refractivity contribution in [3.8, 4) is 0 Å². The van der Waals surface area contributed by atoms with E-state index in [4.69, 9.17) is 15.7 Å². The number of piperidine rings is 1. The number of fused-ring (bicyclic) bond motifs is 2. The smallest absolute Gasteiger partial charge is 0.230 e. The molecule has 8 heteroatoms. The van der Waals surface area contributed by atoms with Gasteiger partial charge in [0.25, 0.3) is 0 Å². The van der Waals surface area contributed by atoms with Crippen molar-refractivity contribution in [2.75, 3.05) is 23.3 Å². The van der Waals surface area contributed by atoms with E-state index in [0.29, 0.717) is 18.4 Å². The molecule has 0 aliphatic carbocycles. The van der Waals surface area contributed by atoms with Crippen molar-refractivity contribution >= 4 is 28.4 Å². The molecule has 1 aliphatic heterocycles. The Bertz CT molecular complexity index is 1170.